The van der Waals surface area contributed by atoms with E-state index in [2.05, 4.69) is 69.7 Å². The van der Waals surface area contributed by atoms with Crippen LogP contribution < -0.4 is 0 Å². The summed E-state index contributed by atoms with van der Waals surface area (Å²) in [6.45, 7) is 2.13. The Morgan fingerprint density at radius 3 is 2.40 bits per heavy atom. The summed E-state index contributed by atoms with van der Waals surface area (Å²) in [5.41, 5.74) is 0. The fourth-order valence-electron chi connectivity index (χ4n) is 1.95. The first-order valence-corrected chi connectivity index (χ1v) is 9.42. The van der Waals surface area contributed by atoms with Crippen molar-refractivity contribution in [2.24, 2.45) is 0 Å². The molecule has 0 heterocycles. The maximum absolute atomic E-state index is 10.9. The molecule has 0 aliphatic rings. The Morgan fingerprint density at radius 2 is 1.72 bits per heavy atom. The van der Waals surface area contributed by atoms with Crippen molar-refractivity contribution in [1.82, 2.24) is 0 Å². The lowest BCUT2D eigenvalue weighted by Crippen LogP contribution is -2.00. The van der Waals surface area contributed by atoms with Crippen LogP contribution in [0.4, 0.5) is 0 Å². The fraction of sp³-hybridized carbons (Fsp3) is 0.476. The number of carbonyl (C=O) groups excluding carboxylic acids is 1. The number of methoxy groups -OCH3 is 1. The molecule has 4 heteroatoms. The fourth-order valence-corrected chi connectivity index (χ4v) is 2.15. The van der Waals surface area contributed by atoms with Gasteiger partial charge in [0, 0.05) is 15.9 Å². The van der Waals surface area contributed by atoms with Crippen LogP contribution in [-0.4, -0.2) is 19.2 Å². The van der Waals surface area contributed by atoms with Crippen LogP contribution in [-0.2, 0) is 14.1 Å². The minimum atomic E-state index is -0.137. The molecule has 0 saturated carbocycles. The van der Waals surface area contributed by atoms with Crippen LogP contribution in [0.5, 0.6) is 0 Å². The van der Waals surface area contributed by atoms with Crippen LogP contribution in [0.25, 0.3) is 0 Å². The average Bonchev–Trinajstić information content (AvgIpc) is 2.63. The largest absolute Gasteiger partial charge is 0.469 e. The highest BCUT2D eigenvalue weighted by Gasteiger charge is 1.97. The van der Waals surface area contributed by atoms with Gasteiger partial charge in [-0.25, -0.2) is 0 Å². The molecule has 0 N–H and O–H groups in total. The number of carbonyl (C=O) groups is 1. The van der Waals surface area contributed by atoms with E-state index in [0.717, 1.165) is 38.5 Å². The molecule has 0 aliphatic carbocycles. The van der Waals surface area contributed by atoms with E-state index in [1.54, 1.807) is 0 Å². The van der Waals surface area contributed by atoms with Crippen molar-refractivity contribution in [3.05, 3.63) is 60.8 Å². The molecule has 0 fully saturated rings. The van der Waals surface area contributed by atoms with Gasteiger partial charge in [-0.15, -0.1) is 0 Å². The zero-order valence-electron chi connectivity index (χ0n) is 15.6. The number of hydrogen-bond acceptors (Lipinski definition) is 3. The Morgan fingerprint density at radius 1 is 1.00 bits per heavy atom. The first-order valence-electron chi connectivity index (χ1n) is 8.95. The predicted molar refractivity (Wildman–Crippen MR) is 110 cm³/mol. The van der Waals surface area contributed by atoms with Crippen LogP contribution >= 0.6 is 9.47 Å². The van der Waals surface area contributed by atoms with Crippen LogP contribution in [0.15, 0.2) is 60.8 Å². The van der Waals surface area contributed by atoms with Crippen molar-refractivity contribution >= 4 is 15.4 Å². The van der Waals surface area contributed by atoms with E-state index < -0.39 is 0 Å². The summed E-state index contributed by atoms with van der Waals surface area (Å²) in [6, 6.07) is 0. The van der Waals surface area contributed by atoms with E-state index in [1.807, 2.05) is 12.2 Å². The van der Waals surface area contributed by atoms with E-state index in [1.165, 1.54) is 7.11 Å². The third kappa shape index (κ3) is 17.2. The van der Waals surface area contributed by atoms with Crippen molar-refractivity contribution in [2.75, 3.05) is 7.11 Å². The molecule has 0 rings (SSSR count). The van der Waals surface area contributed by atoms with Crippen LogP contribution in [0.1, 0.15) is 51.9 Å². The standard InChI is InChI=1S/C21H33O3P/c1-3-4-14-17-20(24-25)18-15-12-10-8-6-5-7-9-11-13-16-19-21(22)23-2/h4-6,9-12,14-15,18,20H,3,7-8,13,16-17,19,25H2,1-2H3. The highest BCUT2D eigenvalue weighted by Crippen LogP contribution is 2.07. The van der Waals surface area contributed by atoms with Gasteiger partial charge in [0.05, 0.1) is 13.2 Å². The monoisotopic (exact) mass is 364 g/mol. The molecule has 0 aromatic rings. The maximum atomic E-state index is 10.9. The third-order valence-electron chi connectivity index (χ3n) is 3.38. The van der Waals surface area contributed by atoms with Gasteiger partial charge in [-0.3, -0.25) is 4.79 Å². The SMILES string of the molecule is CCC=CCC(C=CC=CCC=CCC=CCCCC(=O)OC)OP. The molecule has 0 radical (unpaired) electrons. The van der Waals surface area contributed by atoms with Gasteiger partial charge in [0.1, 0.15) is 0 Å². The van der Waals surface area contributed by atoms with Crippen molar-refractivity contribution in [3.63, 3.8) is 0 Å². The molecule has 0 aliphatic heterocycles. The minimum absolute atomic E-state index is 0.109. The van der Waals surface area contributed by atoms with Gasteiger partial charge in [-0.2, -0.15) is 0 Å². The van der Waals surface area contributed by atoms with E-state index >= 15 is 0 Å². The smallest absolute Gasteiger partial charge is 0.305 e. The Labute approximate surface area is 155 Å². The van der Waals surface area contributed by atoms with Gasteiger partial charge < -0.3 is 9.26 Å². The van der Waals surface area contributed by atoms with Crippen LogP contribution in [0.3, 0.4) is 0 Å². The van der Waals surface area contributed by atoms with E-state index in [0.29, 0.717) is 6.42 Å². The van der Waals surface area contributed by atoms with Crippen molar-refractivity contribution in [1.29, 1.82) is 0 Å². The second-order valence-corrected chi connectivity index (χ2v) is 5.76. The first-order chi connectivity index (χ1) is 12.2. The highest BCUT2D eigenvalue weighted by molar-refractivity contribution is 7.09. The van der Waals surface area contributed by atoms with E-state index in [-0.39, 0.29) is 12.1 Å². The Kier molecular flexibility index (Phi) is 17.8. The number of rotatable bonds is 14. The summed E-state index contributed by atoms with van der Waals surface area (Å²) in [6.07, 6.45) is 27.3. The third-order valence-corrected chi connectivity index (χ3v) is 3.73. The van der Waals surface area contributed by atoms with E-state index in [4.69, 9.17) is 4.52 Å². The normalized spacial score (nSPS) is 13.9. The molecule has 3 nitrogen and oxygen atoms in total. The summed E-state index contributed by atoms with van der Waals surface area (Å²) < 4.78 is 9.91. The summed E-state index contributed by atoms with van der Waals surface area (Å²) in [7, 11) is 3.75. The molecule has 0 aromatic heterocycles. The molecular weight excluding hydrogens is 331 g/mol. The van der Waals surface area contributed by atoms with Gasteiger partial charge in [0.2, 0.25) is 0 Å². The number of unbranched alkanes of at least 4 members (excludes halogenated alkanes) is 1. The summed E-state index contributed by atoms with van der Waals surface area (Å²) in [5.74, 6) is -0.137. The quantitative estimate of drug-likeness (QED) is 0.127. The lowest BCUT2D eigenvalue weighted by atomic mass is 10.2. The molecule has 2 atom stereocenters. The summed E-state index contributed by atoms with van der Waals surface area (Å²) >= 11 is 0. The van der Waals surface area contributed by atoms with Gasteiger partial charge in [-0.05, 0) is 38.5 Å². The van der Waals surface area contributed by atoms with Crippen molar-refractivity contribution < 1.29 is 14.1 Å². The van der Waals surface area contributed by atoms with Crippen LogP contribution in [0.2, 0.25) is 0 Å². The zero-order chi connectivity index (χ0) is 18.6. The van der Waals surface area contributed by atoms with Crippen molar-refractivity contribution in [2.45, 2.75) is 58.0 Å². The van der Waals surface area contributed by atoms with E-state index in [9.17, 15) is 4.79 Å². The Hall–Kier alpha value is -1.44. The Bertz CT molecular complexity index is 462. The molecule has 0 aromatic carbocycles. The molecule has 25 heavy (non-hydrogen) atoms. The van der Waals surface area contributed by atoms with Gasteiger partial charge in [0.25, 0.3) is 0 Å². The van der Waals surface area contributed by atoms with Gasteiger partial charge >= 0.3 is 5.97 Å². The van der Waals surface area contributed by atoms with Crippen molar-refractivity contribution in [3.8, 4) is 0 Å². The number of ether oxygens (including phenoxy) is 1. The number of esters is 1. The zero-order valence-corrected chi connectivity index (χ0v) is 16.8. The lowest BCUT2D eigenvalue weighted by molar-refractivity contribution is -0.140. The minimum Gasteiger partial charge on any atom is -0.469 e. The molecule has 2 unspecified atom stereocenters. The highest BCUT2D eigenvalue weighted by atomic mass is 31.0. The number of allylic oxidation sites excluding steroid dienone is 8. The number of hydrogen-bond donors (Lipinski definition) is 0. The summed E-state index contributed by atoms with van der Waals surface area (Å²) in [5, 5.41) is 0. The average molecular weight is 364 g/mol. The molecule has 0 spiro atoms. The molecule has 140 valence electrons. The Balaban J connectivity index is 3.75. The lowest BCUT2D eigenvalue weighted by Gasteiger charge is -2.06. The second-order valence-electron chi connectivity index (χ2n) is 5.49. The maximum Gasteiger partial charge on any atom is 0.305 e. The summed E-state index contributed by atoms with van der Waals surface area (Å²) in [4.78, 5) is 10.9. The molecule has 0 amide bonds. The van der Waals surface area contributed by atoms with Gasteiger partial charge in [-0.1, -0.05) is 67.7 Å². The van der Waals surface area contributed by atoms with Gasteiger partial charge in [0.15, 0.2) is 0 Å². The molecular formula is C21H33O3P. The molecule has 0 bridgehead atoms. The first kappa shape index (κ1) is 23.6. The topological polar surface area (TPSA) is 35.5 Å². The van der Waals surface area contributed by atoms with Crippen LogP contribution in [0, 0.1) is 0 Å². The molecule has 0 saturated heterocycles. The predicted octanol–water partition coefficient (Wildman–Crippen LogP) is 5.87. The second kappa shape index (κ2) is 18.9.